The summed E-state index contributed by atoms with van der Waals surface area (Å²) in [7, 11) is 1.88. The first kappa shape index (κ1) is 17.4. The number of carboxylic acids is 1. The number of carbonyl (C=O) groups is 2. The molecule has 0 saturated carbocycles. The van der Waals surface area contributed by atoms with E-state index in [1.54, 1.807) is 6.08 Å². The molecule has 0 aliphatic carbocycles. The van der Waals surface area contributed by atoms with Gasteiger partial charge in [0.15, 0.2) is 0 Å². The van der Waals surface area contributed by atoms with Crippen molar-refractivity contribution >= 4 is 46.3 Å². The zero-order valence-electron chi connectivity index (χ0n) is 13.5. The van der Waals surface area contributed by atoms with Crippen molar-refractivity contribution in [1.29, 1.82) is 0 Å². The second kappa shape index (κ2) is 7.25. The average Bonchev–Trinajstić information content (AvgIpc) is 3.10. The van der Waals surface area contributed by atoms with Crippen LogP contribution in [0.1, 0.15) is 11.3 Å². The Kier molecular flexibility index (Phi) is 5.06. The minimum Gasteiger partial charge on any atom is -0.480 e. The van der Waals surface area contributed by atoms with E-state index in [0.717, 1.165) is 23.0 Å². The molecule has 0 radical (unpaired) electrons. The van der Waals surface area contributed by atoms with Crippen molar-refractivity contribution in [2.45, 2.75) is 12.5 Å². The third-order valence-electron chi connectivity index (χ3n) is 3.96. The van der Waals surface area contributed by atoms with Crippen LogP contribution in [0.25, 0.3) is 6.08 Å². The van der Waals surface area contributed by atoms with Gasteiger partial charge in [-0.15, -0.1) is 0 Å². The molecule has 1 atom stereocenters. The van der Waals surface area contributed by atoms with Gasteiger partial charge in [-0.25, -0.2) is 4.79 Å². The van der Waals surface area contributed by atoms with Gasteiger partial charge in [-0.3, -0.25) is 9.69 Å². The van der Waals surface area contributed by atoms with E-state index in [2.05, 4.69) is 0 Å². The van der Waals surface area contributed by atoms with Crippen LogP contribution in [0.3, 0.4) is 0 Å². The maximum absolute atomic E-state index is 12.8. The van der Waals surface area contributed by atoms with Crippen molar-refractivity contribution in [3.05, 3.63) is 64.8 Å². The Morgan fingerprint density at radius 3 is 2.60 bits per heavy atom. The number of benzene rings is 1. The number of aryl methyl sites for hydroxylation is 1. The lowest BCUT2D eigenvalue weighted by Gasteiger charge is -2.23. The van der Waals surface area contributed by atoms with Crippen molar-refractivity contribution < 1.29 is 14.7 Å². The van der Waals surface area contributed by atoms with Crippen molar-refractivity contribution in [2.75, 3.05) is 0 Å². The van der Waals surface area contributed by atoms with Crippen LogP contribution < -0.4 is 0 Å². The van der Waals surface area contributed by atoms with Crippen LogP contribution in [0.2, 0.25) is 0 Å². The molecule has 1 aromatic heterocycles. The number of rotatable bonds is 5. The molecule has 1 aliphatic heterocycles. The Hall–Kier alpha value is -2.38. The number of thioether (sulfide) groups is 1. The van der Waals surface area contributed by atoms with Crippen molar-refractivity contribution in [3.8, 4) is 0 Å². The van der Waals surface area contributed by atoms with E-state index in [4.69, 9.17) is 12.2 Å². The molecule has 2 aromatic rings. The number of hydrogen-bond acceptors (Lipinski definition) is 4. The summed E-state index contributed by atoms with van der Waals surface area (Å²) in [6.07, 6.45) is 3.82. The smallest absolute Gasteiger partial charge is 0.327 e. The minimum absolute atomic E-state index is 0.208. The van der Waals surface area contributed by atoms with Gasteiger partial charge < -0.3 is 9.67 Å². The van der Waals surface area contributed by atoms with E-state index in [1.807, 2.05) is 60.3 Å². The second-order valence-corrected chi connectivity index (χ2v) is 7.32. The highest BCUT2D eigenvalue weighted by Gasteiger charge is 2.40. The van der Waals surface area contributed by atoms with Crippen LogP contribution >= 0.6 is 24.0 Å². The molecule has 1 fully saturated rings. The molecule has 1 unspecified atom stereocenters. The van der Waals surface area contributed by atoms with Crippen LogP contribution in [0, 0.1) is 0 Å². The van der Waals surface area contributed by atoms with Crippen LogP contribution in [0.15, 0.2) is 53.6 Å². The van der Waals surface area contributed by atoms with Gasteiger partial charge in [-0.2, -0.15) is 0 Å². The van der Waals surface area contributed by atoms with E-state index >= 15 is 0 Å². The molecule has 5 nitrogen and oxygen atoms in total. The lowest BCUT2D eigenvalue weighted by molar-refractivity contribution is -0.145. The number of amides is 1. The first-order valence-electron chi connectivity index (χ1n) is 7.62. The molecule has 1 N–H and O–H groups in total. The number of thiocarbonyl (C=S) groups is 1. The summed E-state index contributed by atoms with van der Waals surface area (Å²) in [5, 5.41) is 9.63. The topological polar surface area (TPSA) is 62.5 Å². The zero-order chi connectivity index (χ0) is 18.0. The van der Waals surface area contributed by atoms with E-state index < -0.39 is 12.0 Å². The Labute approximate surface area is 154 Å². The predicted molar refractivity (Wildman–Crippen MR) is 102 cm³/mol. The molecule has 1 saturated heterocycles. The largest absolute Gasteiger partial charge is 0.480 e. The van der Waals surface area contributed by atoms with Crippen molar-refractivity contribution in [3.63, 3.8) is 0 Å². The molecule has 3 rings (SSSR count). The van der Waals surface area contributed by atoms with Crippen LogP contribution in [-0.2, 0) is 23.1 Å². The van der Waals surface area contributed by atoms with Crippen LogP contribution in [-0.4, -0.2) is 36.8 Å². The maximum atomic E-state index is 12.8. The van der Waals surface area contributed by atoms with Crippen molar-refractivity contribution in [1.82, 2.24) is 9.47 Å². The summed E-state index contributed by atoms with van der Waals surface area (Å²) in [5.74, 6) is -1.43. The third kappa shape index (κ3) is 3.67. The molecule has 1 amide bonds. The number of aliphatic carboxylic acids is 1. The second-order valence-electron chi connectivity index (χ2n) is 5.64. The first-order chi connectivity index (χ1) is 12.0. The van der Waals surface area contributed by atoms with Gasteiger partial charge in [0.25, 0.3) is 5.91 Å². The van der Waals surface area contributed by atoms with Crippen molar-refractivity contribution in [2.24, 2.45) is 7.05 Å². The zero-order valence-corrected chi connectivity index (χ0v) is 15.1. The van der Waals surface area contributed by atoms with E-state index in [0.29, 0.717) is 4.91 Å². The lowest BCUT2D eigenvalue weighted by Crippen LogP contribution is -2.45. The number of carbonyl (C=O) groups excluding carboxylic acids is 1. The molecule has 7 heteroatoms. The van der Waals surface area contributed by atoms with Gasteiger partial charge in [0, 0.05) is 25.4 Å². The van der Waals surface area contributed by atoms with E-state index in [-0.39, 0.29) is 16.6 Å². The fourth-order valence-electron chi connectivity index (χ4n) is 2.63. The fraction of sp³-hybridized carbons (Fsp3) is 0.167. The molecule has 1 aromatic carbocycles. The minimum atomic E-state index is -1.07. The highest BCUT2D eigenvalue weighted by Crippen LogP contribution is 2.34. The summed E-state index contributed by atoms with van der Waals surface area (Å²) in [6.45, 7) is 0. The summed E-state index contributed by atoms with van der Waals surface area (Å²) in [4.78, 5) is 26.2. The van der Waals surface area contributed by atoms with Gasteiger partial charge >= 0.3 is 5.97 Å². The fourth-order valence-corrected chi connectivity index (χ4v) is 3.97. The summed E-state index contributed by atoms with van der Waals surface area (Å²) in [5.41, 5.74) is 1.70. The number of carboxylic acid groups (broad SMARTS) is 1. The maximum Gasteiger partial charge on any atom is 0.327 e. The molecule has 0 bridgehead atoms. The van der Waals surface area contributed by atoms with Crippen LogP contribution in [0.5, 0.6) is 0 Å². The quantitative estimate of drug-likeness (QED) is 0.646. The Morgan fingerprint density at radius 1 is 1.28 bits per heavy atom. The van der Waals surface area contributed by atoms with E-state index in [1.165, 1.54) is 4.90 Å². The molecular formula is C18H16N2O3S2. The molecule has 2 heterocycles. The lowest BCUT2D eigenvalue weighted by atomic mass is 10.0. The highest BCUT2D eigenvalue weighted by atomic mass is 32.2. The average molecular weight is 372 g/mol. The summed E-state index contributed by atoms with van der Waals surface area (Å²) >= 11 is 6.43. The summed E-state index contributed by atoms with van der Waals surface area (Å²) < 4.78 is 2.15. The normalized spacial score (nSPS) is 17.3. The van der Waals surface area contributed by atoms with E-state index in [9.17, 15) is 14.7 Å². The van der Waals surface area contributed by atoms with Gasteiger partial charge in [-0.05, 0) is 23.8 Å². The molecule has 25 heavy (non-hydrogen) atoms. The monoisotopic (exact) mass is 372 g/mol. The Morgan fingerprint density at radius 2 is 2.00 bits per heavy atom. The Bertz CT molecular complexity index is 858. The highest BCUT2D eigenvalue weighted by molar-refractivity contribution is 8.26. The standard InChI is InChI=1S/C18H16N2O3S2/c1-19-9-5-8-13(19)11-15-16(21)20(18(24)25-15)14(17(22)23)10-12-6-3-2-4-7-12/h2-9,11,14H,10H2,1H3,(H,22,23)/b15-11+. The molecule has 0 spiro atoms. The van der Waals surface area contributed by atoms with Gasteiger partial charge in [0.1, 0.15) is 10.4 Å². The molecule has 128 valence electrons. The predicted octanol–water partition coefficient (Wildman–Crippen LogP) is 2.92. The number of nitrogens with zero attached hydrogens (tertiary/aromatic N) is 2. The van der Waals surface area contributed by atoms with Gasteiger partial charge in [0.05, 0.1) is 4.91 Å². The third-order valence-corrected chi connectivity index (χ3v) is 5.29. The van der Waals surface area contributed by atoms with Gasteiger partial charge in [-0.1, -0.05) is 54.3 Å². The first-order valence-corrected chi connectivity index (χ1v) is 8.85. The molecule has 1 aliphatic rings. The number of aromatic nitrogens is 1. The summed E-state index contributed by atoms with van der Waals surface area (Å²) in [6, 6.07) is 12.0. The SMILES string of the molecule is Cn1cccc1/C=C1/SC(=S)N(C(Cc2ccccc2)C(=O)O)C1=O. The Balaban J connectivity index is 1.88. The molecular weight excluding hydrogens is 356 g/mol. The van der Waals surface area contributed by atoms with Crippen LogP contribution in [0.4, 0.5) is 0 Å². The number of hydrogen-bond donors (Lipinski definition) is 1. The van der Waals surface area contributed by atoms with Gasteiger partial charge in [0.2, 0.25) is 0 Å².